The van der Waals surface area contributed by atoms with Crippen LogP contribution in [0.1, 0.15) is 11.3 Å². The molecule has 1 heterocycles. The van der Waals surface area contributed by atoms with E-state index in [1.54, 1.807) is 6.26 Å². The first-order valence-corrected chi connectivity index (χ1v) is 7.18. The molecule has 1 rings (SSSR count). The maximum atomic E-state index is 5.66. The van der Waals surface area contributed by atoms with Crippen LogP contribution < -0.4 is 0 Å². The van der Waals surface area contributed by atoms with Crippen molar-refractivity contribution in [3.05, 3.63) is 74.3 Å². The Morgan fingerprint density at radius 1 is 0.810 bits per heavy atom. The minimum Gasteiger partial charge on any atom is -0.468 e. The van der Waals surface area contributed by atoms with E-state index in [0.29, 0.717) is 0 Å². The molecule has 0 radical (unpaired) electrons. The Kier molecular flexibility index (Phi) is 8.17. The molecule has 0 bridgehead atoms. The zero-order valence-electron chi connectivity index (χ0n) is 12.8. The summed E-state index contributed by atoms with van der Waals surface area (Å²) in [7, 11) is 0. The molecule has 0 fully saturated rings. The highest BCUT2D eigenvalue weighted by Gasteiger charge is 2.13. The number of furan rings is 1. The minimum atomic E-state index is 0.760. The quantitative estimate of drug-likeness (QED) is 0.547. The van der Waals surface area contributed by atoms with Crippen LogP contribution >= 0.6 is 0 Å². The Morgan fingerprint density at radius 2 is 1.29 bits per heavy atom. The van der Waals surface area contributed by atoms with E-state index in [1.807, 2.05) is 30.4 Å². The molecule has 0 saturated heterocycles. The molecule has 114 valence electrons. The van der Waals surface area contributed by atoms with Gasteiger partial charge in [0.2, 0.25) is 0 Å². The topological polar surface area (TPSA) is 19.6 Å². The third-order valence-electron chi connectivity index (χ3n) is 3.15. The van der Waals surface area contributed by atoms with Gasteiger partial charge in [0.1, 0.15) is 5.76 Å². The minimum absolute atomic E-state index is 0.760. The molecule has 0 aliphatic carbocycles. The van der Waals surface area contributed by atoms with E-state index in [0.717, 1.165) is 45.0 Å². The summed E-state index contributed by atoms with van der Waals surface area (Å²) in [5.74, 6) is 0.997. The molecular weight excluding hydrogens is 260 g/mol. The van der Waals surface area contributed by atoms with Crippen LogP contribution in [0.5, 0.6) is 0 Å². The van der Waals surface area contributed by atoms with E-state index in [4.69, 9.17) is 4.42 Å². The largest absolute Gasteiger partial charge is 0.468 e. The Bertz CT molecular complexity index is 401. The fraction of sp³-hybridized carbons (Fsp3) is 0.333. The summed E-state index contributed by atoms with van der Waals surface area (Å²) in [5.41, 5.74) is 1.21. The molecule has 0 unspecified atom stereocenters. The van der Waals surface area contributed by atoms with Crippen LogP contribution in [-0.4, -0.2) is 36.0 Å². The molecule has 0 atom stereocenters. The van der Waals surface area contributed by atoms with E-state index in [-0.39, 0.29) is 0 Å². The fourth-order valence-electron chi connectivity index (χ4n) is 2.23. The van der Waals surface area contributed by atoms with Crippen molar-refractivity contribution >= 4 is 0 Å². The highest BCUT2D eigenvalue weighted by atomic mass is 16.3. The van der Waals surface area contributed by atoms with Crippen LogP contribution in [-0.2, 0) is 13.1 Å². The second-order valence-corrected chi connectivity index (χ2v) is 4.91. The third kappa shape index (κ3) is 5.98. The summed E-state index contributed by atoms with van der Waals surface area (Å²) >= 11 is 0. The molecule has 21 heavy (non-hydrogen) atoms. The van der Waals surface area contributed by atoms with Gasteiger partial charge in [0.05, 0.1) is 12.8 Å². The van der Waals surface area contributed by atoms with Gasteiger partial charge in [0.15, 0.2) is 0 Å². The van der Waals surface area contributed by atoms with Gasteiger partial charge in [-0.25, -0.2) is 0 Å². The maximum absolute atomic E-state index is 5.66. The van der Waals surface area contributed by atoms with Gasteiger partial charge in [-0.2, -0.15) is 0 Å². The Hall–Kier alpha value is -1.84. The molecule has 0 N–H and O–H groups in total. The number of hydrogen-bond acceptors (Lipinski definition) is 3. The lowest BCUT2D eigenvalue weighted by molar-refractivity contribution is 0.283. The summed E-state index contributed by atoms with van der Waals surface area (Å²) in [6, 6.07) is 2.04. The second kappa shape index (κ2) is 9.97. The molecule has 0 saturated carbocycles. The summed E-state index contributed by atoms with van der Waals surface area (Å²) in [5, 5.41) is 0. The summed E-state index contributed by atoms with van der Waals surface area (Å²) in [4.78, 5) is 4.49. The average Bonchev–Trinajstić information content (AvgIpc) is 2.87. The van der Waals surface area contributed by atoms with E-state index >= 15 is 0 Å². The maximum Gasteiger partial charge on any atom is 0.122 e. The lowest BCUT2D eigenvalue weighted by atomic mass is 10.2. The van der Waals surface area contributed by atoms with E-state index < -0.39 is 0 Å². The Labute approximate surface area is 128 Å². The molecule has 0 aromatic carbocycles. The second-order valence-electron chi connectivity index (χ2n) is 4.91. The van der Waals surface area contributed by atoms with Crippen LogP contribution in [0.15, 0.2) is 67.4 Å². The fourth-order valence-corrected chi connectivity index (χ4v) is 2.23. The van der Waals surface area contributed by atoms with Crippen LogP contribution in [0.4, 0.5) is 0 Å². The molecule has 0 spiro atoms. The molecule has 1 aromatic heterocycles. The molecular formula is C18H26N2O. The van der Waals surface area contributed by atoms with Crippen molar-refractivity contribution in [2.45, 2.75) is 13.1 Å². The number of hydrogen-bond donors (Lipinski definition) is 0. The monoisotopic (exact) mass is 286 g/mol. The van der Waals surface area contributed by atoms with Crippen molar-refractivity contribution in [1.82, 2.24) is 9.80 Å². The summed E-state index contributed by atoms with van der Waals surface area (Å²) in [6.45, 7) is 20.1. The van der Waals surface area contributed by atoms with E-state index in [2.05, 4.69) is 36.1 Å². The number of nitrogens with zero attached hydrogens (tertiary/aromatic N) is 2. The van der Waals surface area contributed by atoms with Gasteiger partial charge in [0, 0.05) is 38.3 Å². The molecule has 3 heteroatoms. The number of rotatable bonds is 12. The van der Waals surface area contributed by atoms with Gasteiger partial charge in [-0.3, -0.25) is 9.80 Å². The first kappa shape index (κ1) is 17.2. The van der Waals surface area contributed by atoms with Crippen molar-refractivity contribution in [3.8, 4) is 0 Å². The molecule has 3 nitrogen and oxygen atoms in total. The first-order valence-electron chi connectivity index (χ1n) is 7.18. The first-order chi connectivity index (χ1) is 10.2. The Morgan fingerprint density at radius 3 is 1.76 bits per heavy atom. The predicted molar refractivity (Wildman–Crippen MR) is 90.1 cm³/mol. The van der Waals surface area contributed by atoms with Crippen molar-refractivity contribution in [1.29, 1.82) is 0 Å². The van der Waals surface area contributed by atoms with Crippen LogP contribution in [0.3, 0.4) is 0 Å². The molecule has 0 aliphatic rings. The van der Waals surface area contributed by atoms with E-state index in [1.165, 1.54) is 5.56 Å². The normalized spacial score (nSPS) is 10.8. The Balaban J connectivity index is 2.74. The van der Waals surface area contributed by atoms with Crippen molar-refractivity contribution < 1.29 is 4.42 Å². The van der Waals surface area contributed by atoms with E-state index in [9.17, 15) is 0 Å². The smallest absolute Gasteiger partial charge is 0.122 e. The third-order valence-corrected chi connectivity index (χ3v) is 3.15. The average molecular weight is 286 g/mol. The predicted octanol–water partition coefficient (Wildman–Crippen LogP) is 3.63. The van der Waals surface area contributed by atoms with Gasteiger partial charge in [-0.1, -0.05) is 24.3 Å². The van der Waals surface area contributed by atoms with Crippen molar-refractivity contribution in [2.75, 3.05) is 26.2 Å². The highest BCUT2D eigenvalue weighted by molar-refractivity contribution is 5.17. The van der Waals surface area contributed by atoms with Gasteiger partial charge >= 0.3 is 0 Å². The zero-order chi connectivity index (χ0) is 15.5. The highest BCUT2D eigenvalue weighted by Crippen LogP contribution is 2.16. The lowest BCUT2D eigenvalue weighted by Gasteiger charge is -2.21. The van der Waals surface area contributed by atoms with Crippen molar-refractivity contribution in [2.24, 2.45) is 0 Å². The summed E-state index contributed by atoms with van der Waals surface area (Å²) < 4.78 is 5.66. The molecule has 0 amide bonds. The molecule has 1 aromatic rings. The van der Waals surface area contributed by atoms with Crippen LogP contribution in [0.2, 0.25) is 0 Å². The van der Waals surface area contributed by atoms with Gasteiger partial charge in [-0.05, 0) is 6.07 Å². The lowest BCUT2D eigenvalue weighted by Crippen LogP contribution is -2.26. The van der Waals surface area contributed by atoms with Crippen molar-refractivity contribution in [3.63, 3.8) is 0 Å². The van der Waals surface area contributed by atoms with Crippen LogP contribution in [0.25, 0.3) is 0 Å². The summed E-state index contributed by atoms with van der Waals surface area (Å²) in [6.07, 6.45) is 9.36. The SMILES string of the molecule is C=CCN(CC=C)Cc1ccoc1CN(CC=C)CC=C. The molecule has 0 aliphatic heterocycles. The standard InChI is InChI=1S/C18H26N2O/c1-5-10-19(11-6-2)15-17-9-14-21-18(17)16-20(12-7-3)13-8-4/h5-9,14H,1-4,10-13,15-16H2. The van der Waals surface area contributed by atoms with Crippen LogP contribution in [0, 0.1) is 0 Å². The van der Waals surface area contributed by atoms with Gasteiger partial charge < -0.3 is 4.42 Å². The van der Waals surface area contributed by atoms with Gasteiger partial charge in [0.25, 0.3) is 0 Å². The zero-order valence-corrected chi connectivity index (χ0v) is 12.8. The van der Waals surface area contributed by atoms with Gasteiger partial charge in [-0.15, -0.1) is 26.3 Å².